The van der Waals surface area contributed by atoms with E-state index in [-0.39, 0.29) is 0 Å². The molecule has 0 bridgehead atoms. The van der Waals surface area contributed by atoms with Crippen LogP contribution in [0.5, 0.6) is 0 Å². The van der Waals surface area contributed by atoms with Gasteiger partial charge in [0.2, 0.25) is 10.5 Å². The van der Waals surface area contributed by atoms with E-state index < -0.39 is 10.1 Å². The van der Waals surface area contributed by atoms with Crippen LogP contribution in [0.3, 0.4) is 0 Å². The summed E-state index contributed by atoms with van der Waals surface area (Å²) >= 11 is 1.65. The van der Waals surface area contributed by atoms with E-state index in [2.05, 4.69) is 6.07 Å². The Hall–Kier alpha value is -1.24. The fourth-order valence-corrected chi connectivity index (χ4v) is 3.13. The van der Waals surface area contributed by atoms with Crippen LogP contribution in [-0.2, 0) is 16.7 Å². The Morgan fingerprint density at radius 1 is 1.39 bits per heavy atom. The Balaban J connectivity index is 2.41. The van der Waals surface area contributed by atoms with Crippen molar-refractivity contribution in [2.24, 2.45) is 0 Å². The van der Waals surface area contributed by atoms with Crippen molar-refractivity contribution in [1.82, 2.24) is 0 Å². The van der Waals surface area contributed by atoms with Crippen LogP contribution in [0.1, 0.15) is 10.6 Å². The van der Waals surface area contributed by atoms with E-state index in [9.17, 15) is 13.0 Å². The molecule has 96 valence electrons. The van der Waals surface area contributed by atoms with Gasteiger partial charge in [-0.3, -0.25) is 0 Å². The van der Waals surface area contributed by atoms with E-state index in [4.69, 9.17) is 0 Å². The highest BCUT2D eigenvalue weighted by molar-refractivity contribution is 7.88. The number of fused-ring (bicyclic) bond motifs is 1. The SMILES string of the molecule is Cc1ccc2sc(C)[n+](CC=CS(=O)(=O)[O-])c2c1. The summed E-state index contributed by atoms with van der Waals surface area (Å²) < 4.78 is 34.7. The number of hydrogen-bond donors (Lipinski definition) is 0. The summed E-state index contributed by atoms with van der Waals surface area (Å²) in [5, 5.41) is 1.78. The standard InChI is InChI=1S/C12H13NO3S2/c1-9-4-5-12-11(8-9)13(10(2)17-12)6-3-7-18(14,15)16/h3-5,7-8H,6H2,1-2H3. The van der Waals surface area contributed by atoms with E-state index in [1.807, 2.05) is 30.5 Å². The van der Waals surface area contributed by atoms with Gasteiger partial charge in [-0.25, -0.2) is 8.42 Å². The topological polar surface area (TPSA) is 61.1 Å². The molecule has 0 aliphatic heterocycles. The number of benzene rings is 1. The quantitative estimate of drug-likeness (QED) is 0.638. The van der Waals surface area contributed by atoms with Crippen molar-refractivity contribution < 1.29 is 17.5 Å². The number of allylic oxidation sites excluding steroid dienone is 1. The first-order valence-corrected chi connectivity index (χ1v) is 7.67. The number of thiazole rings is 1. The van der Waals surface area contributed by atoms with Gasteiger partial charge in [0.1, 0.15) is 14.8 Å². The largest absolute Gasteiger partial charge is 0.744 e. The molecular formula is C12H13NO3S2. The third kappa shape index (κ3) is 2.95. The number of aromatic nitrogens is 1. The van der Waals surface area contributed by atoms with Gasteiger partial charge in [-0.05, 0) is 24.6 Å². The molecule has 0 aliphatic rings. The molecule has 0 N–H and O–H groups in total. The van der Waals surface area contributed by atoms with Crippen molar-refractivity contribution in [3.63, 3.8) is 0 Å². The first-order chi connectivity index (χ1) is 8.37. The fourth-order valence-electron chi connectivity index (χ4n) is 1.80. The highest BCUT2D eigenvalue weighted by Gasteiger charge is 2.15. The molecule has 4 nitrogen and oxygen atoms in total. The molecule has 0 saturated carbocycles. The minimum absolute atomic E-state index is 0.386. The molecule has 0 aliphatic carbocycles. The van der Waals surface area contributed by atoms with Gasteiger partial charge >= 0.3 is 0 Å². The summed E-state index contributed by atoms with van der Waals surface area (Å²) in [5.74, 6) is 0. The van der Waals surface area contributed by atoms with Crippen molar-refractivity contribution in [1.29, 1.82) is 0 Å². The minimum Gasteiger partial charge on any atom is -0.744 e. The smallest absolute Gasteiger partial charge is 0.235 e. The summed E-state index contributed by atoms with van der Waals surface area (Å²) in [6.07, 6.45) is 1.38. The highest BCUT2D eigenvalue weighted by Crippen LogP contribution is 2.20. The third-order valence-electron chi connectivity index (χ3n) is 2.59. The minimum atomic E-state index is -4.29. The second-order valence-corrected chi connectivity index (χ2v) is 6.56. The molecule has 0 fully saturated rings. The number of hydrogen-bond acceptors (Lipinski definition) is 4. The normalized spacial score (nSPS) is 12.6. The number of nitrogens with zero attached hydrogens (tertiary/aromatic N) is 1. The van der Waals surface area contributed by atoms with Gasteiger partial charge in [0.25, 0.3) is 0 Å². The maximum absolute atomic E-state index is 10.5. The van der Waals surface area contributed by atoms with Crippen LogP contribution in [-0.4, -0.2) is 13.0 Å². The zero-order chi connectivity index (χ0) is 13.3. The van der Waals surface area contributed by atoms with Crippen LogP contribution in [0.25, 0.3) is 10.2 Å². The Bertz CT molecular complexity index is 714. The summed E-state index contributed by atoms with van der Waals surface area (Å²) in [5.41, 5.74) is 2.21. The van der Waals surface area contributed by atoms with Crippen LogP contribution in [0, 0.1) is 13.8 Å². The molecule has 0 radical (unpaired) electrons. The predicted molar refractivity (Wildman–Crippen MR) is 70.3 cm³/mol. The maximum Gasteiger partial charge on any atom is 0.235 e. The van der Waals surface area contributed by atoms with Gasteiger partial charge in [0.05, 0.1) is 0 Å². The molecule has 2 rings (SSSR count). The molecule has 18 heavy (non-hydrogen) atoms. The van der Waals surface area contributed by atoms with Gasteiger partial charge in [0, 0.05) is 18.4 Å². The van der Waals surface area contributed by atoms with Crippen LogP contribution < -0.4 is 4.57 Å². The fraction of sp³-hybridized carbons (Fsp3) is 0.250. The first kappa shape index (κ1) is 13.2. The summed E-state index contributed by atoms with van der Waals surface area (Å²) in [6.45, 7) is 4.37. The lowest BCUT2D eigenvalue weighted by atomic mass is 10.2. The maximum atomic E-state index is 10.5. The first-order valence-electron chi connectivity index (χ1n) is 5.39. The van der Waals surface area contributed by atoms with Gasteiger partial charge in [-0.2, -0.15) is 4.57 Å². The molecule has 6 heteroatoms. The average Bonchev–Trinajstić information content (AvgIpc) is 2.54. The lowest BCUT2D eigenvalue weighted by Crippen LogP contribution is -2.34. The third-order valence-corrected chi connectivity index (χ3v) is 4.20. The second kappa shape index (κ2) is 4.79. The molecule has 0 spiro atoms. The Labute approximate surface area is 110 Å². The molecule has 2 aromatic rings. The van der Waals surface area contributed by atoms with Crippen molar-refractivity contribution in [3.05, 3.63) is 40.3 Å². The molecule has 1 heterocycles. The monoisotopic (exact) mass is 283 g/mol. The lowest BCUT2D eigenvalue weighted by molar-refractivity contribution is -0.662. The predicted octanol–water partition coefficient (Wildman–Crippen LogP) is 1.86. The molecule has 1 aromatic heterocycles. The Kier molecular flexibility index (Phi) is 3.52. The summed E-state index contributed by atoms with van der Waals surface area (Å²) in [6, 6.07) is 6.14. The molecule has 0 amide bonds. The van der Waals surface area contributed by atoms with Gasteiger partial charge < -0.3 is 4.55 Å². The van der Waals surface area contributed by atoms with Crippen LogP contribution >= 0.6 is 11.3 Å². The molecule has 1 aromatic carbocycles. The van der Waals surface area contributed by atoms with Crippen LogP contribution in [0.4, 0.5) is 0 Å². The Morgan fingerprint density at radius 3 is 2.78 bits per heavy atom. The molecule has 0 unspecified atom stereocenters. The Morgan fingerprint density at radius 2 is 2.11 bits per heavy atom. The van der Waals surface area contributed by atoms with Crippen molar-refractivity contribution in [2.75, 3.05) is 0 Å². The van der Waals surface area contributed by atoms with E-state index in [1.54, 1.807) is 11.3 Å². The zero-order valence-corrected chi connectivity index (χ0v) is 11.7. The van der Waals surface area contributed by atoms with Crippen LogP contribution in [0.2, 0.25) is 0 Å². The molecule has 0 atom stereocenters. The van der Waals surface area contributed by atoms with E-state index in [0.29, 0.717) is 12.0 Å². The highest BCUT2D eigenvalue weighted by atomic mass is 32.2. The molecule has 0 saturated heterocycles. The average molecular weight is 283 g/mol. The van der Waals surface area contributed by atoms with E-state index >= 15 is 0 Å². The van der Waals surface area contributed by atoms with Gasteiger partial charge in [0.15, 0.2) is 6.54 Å². The van der Waals surface area contributed by atoms with Gasteiger partial charge in [-0.15, -0.1) is 0 Å². The summed E-state index contributed by atoms with van der Waals surface area (Å²) in [7, 11) is -4.29. The van der Waals surface area contributed by atoms with Gasteiger partial charge in [-0.1, -0.05) is 17.4 Å². The number of rotatable bonds is 3. The number of aryl methyl sites for hydroxylation is 2. The molecular weight excluding hydrogens is 270 g/mol. The lowest BCUT2D eigenvalue weighted by Gasteiger charge is -1.97. The van der Waals surface area contributed by atoms with Crippen LogP contribution in [0.15, 0.2) is 29.7 Å². The van der Waals surface area contributed by atoms with E-state index in [0.717, 1.165) is 20.8 Å². The van der Waals surface area contributed by atoms with Crippen molar-refractivity contribution in [3.8, 4) is 0 Å². The van der Waals surface area contributed by atoms with E-state index in [1.165, 1.54) is 6.08 Å². The second-order valence-electron chi connectivity index (χ2n) is 4.07. The zero-order valence-electron chi connectivity index (χ0n) is 10.1. The van der Waals surface area contributed by atoms with Crippen molar-refractivity contribution >= 4 is 31.7 Å². The summed E-state index contributed by atoms with van der Waals surface area (Å²) in [4.78, 5) is 0. The van der Waals surface area contributed by atoms with Crippen molar-refractivity contribution in [2.45, 2.75) is 20.4 Å².